The van der Waals surface area contributed by atoms with Gasteiger partial charge in [-0.2, -0.15) is 4.31 Å². The summed E-state index contributed by atoms with van der Waals surface area (Å²) < 4.78 is 27.1. The van der Waals surface area contributed by atoms with Gasteiger partial charge in [-0.25, -0.2) is 8.42 Å². The van der Waals surface area contributed by atoms with E-state index in [0.717, 1.165) is 6.42 Å². The molecule has 1 aromatic carbocycles. The Hall–Kier alpha value is -1.15. The van der Waals surface area contributed by atoms with Crippen molar-refractivity contribution in [3.63, 3.8) is 0 Å². The normalized spacial score (nSPS) is 26.0. The van der Waals surface area contributed by atoms with Crippen LogP contribution in [0.3, 0.4) is 0 Å². The van der Waals surface area contributed by atoms with Gasteiger partial charge in [0.2, 0.25) is 15.9 Å². The number of hydrogen-bond donors (Lipinski definition) is 1. The van der Waals surface area contributed by atoms with Crippen molar-refractivity contribution >= 4 is 27.5 Å². The first kappa shape index (κ1) is 21.6. The Morgan fingerprint density at radius 3 is 2.50 bits per heavy atom. The summed E-state index contributed by atoms with van der Waals surface area (Å²) in [5, 5.41) is 3.62. The summed E-state index contributed by atoms with van der Waals surface area (Å²) in [5.41, 5.74) is 0. The highest BCUT2D eigenvalue weighted by molar-refractivity contribution is 7.89. The highest BCUT2D eigenvalue weighted by atomic mass is 35.5. The molecule has 2 aliphatic rings. The second-order valence-corrected chi connectivity index (χ2v) is 10.3. The highest BCUT2D eigenvalue weighted by Crippen LogP contribution is 2.24. The summed E-state index contributed by atoms with van der Waals surface area (Å²) in [4.78, 5) is 15.0. The predicted octanol–water partition coefficient (Wildman–Crippen LogP) is 2.73. The molecule has 6 nitrogen and oxygen atoms in total. The summed E-state index contributed by atoms with van der Waals surface area (Å²) in [6.45, 7) is 5.92. The Morgan fingerprint density at radius 2 is 1.86 bits per heavy atom. The Balaban J connectivity index is 1.56. The molecular formula is C20H30ClN3O3S. The molecule has 1 aliphatic carbocycles. The maximum atomic E-state index is 12.8. The van der Waals surface area contributed by atoms with Gasteiger partial charge in [-0.3, -0.25) is 9.69 Å². The van der Waals surface area contributed by atoms with Crippen molar-refractivity contribution in [1.82, 2.24) is 14.5 Å². The molecule has 1 aliphatic heterocycles. The molecule has 1 aromatic rings. The van der Waals surface area contributed by atoms with Crippen LogP contribution in [0.1, 0.15) is 39.5 Å². The van der Waals surface area contributed by atoms with Crippen molar-refractivity contribution in [3.8, 4) is 0 Å². The fraction of sp³-hybridized carbons (Fsp3) is 0.650. The molecule has 2 fully saturated rings. The van der Waals surface area contributed by atoms with E-state index in [4.69, 9.17) is 11.6 Å². The molecule has 3 rings (SSSR count). The summed E-state index contributed by atoms with van der Waals surface area (Å²) in [6.07, 6.45) is 4.63. The number of carbonyl (C=O) groups is 1. The second kappa shape index (κ2) is 9.11. The number of hydrogen-bond acceptors (Lipinski definition) is 4. The Bertz CT molecular complexity index is 794. The molecule has 28 heavy (non-hydrogen) atoms. The van der Waals surface area contributed by atoms with Crippen LogP contribution in [0.5, 0.6) is 0 Å². The van der Waals surface area contributed by atoms with Crippen molar-refractivity contribution in [1.29, 1.82) is 0 Å². The first-order valence-corrected chi connectivity index (χ1v) is 11.9. The number of rotatable bonds is 5. The fourth-order valence-corrected chi connectivity index (χ4v) is 5.83. The molecule has 0 aromatic heterocycles. The minimum Gasteiger partial charge on any atom is -0.352 e. The molecule has 0 spiro atoms. The maximum Gasteiger partial charge on any atom is 0.243 e. The van der Waals surface area contributed by atoms with Crippen LogP contribution in [0.4, 0.5) is 0 Å². The summed E-state index contributed by atoms with van der Waals surface area (Å²) in [5.74, 6) is 0.564. The minimum atomic E-state index is -3.56. The standard InChI is InChI=1S/C20H30ClN3O3S/c1-15-6-3-4-9-19(15)22-20(25)16(2)23-10-12-24(13-11-23)28(26,27)18-8-5-7-17(21)14-18/h5,7-8,14-16,19H,3-4,6,9-13H2,1-2H3,(H,22,25)/t15-,16+,19-/m0/s1. The smallest absolute Gasteiger partial charge is 0.243 e. The topological polar surface area (TPSA) is 69.7 Å². The van der Waals surface area contributed by atoms with Crippen LogP contribution >= 0.6 is 11.6 Å². The predicted molar refractivity (Wildman–Crippen MR) is 111 cm³/mol. The molecule has 0 radical (unpaired) electrons. The van der Waals surface area contributed by atoms with Crippen molar-refractivity contribution < 1.29 is 13.2 Å². The lowest BCUT2D eigenvalue weighted by atomic mass is 9.86. The van der Waals surface area contributed by atoms with Gasteiger partial charge in [-0.05, 0) is 43.9 Å². The lowest BCUT2D eigenvalue weighted by Gasteiger charge is -2.38. The molecule has 1 heterocycles. The molecule has 1 N–H and O–H groups in total. The van der Waals surface area contributed by atoms with E-state index in [1.165, 1.54) is 29.6 Å². The van der Waals surface area contributed by atoms with Gasteiger partial charge in [0.1, 0.15) is 0 Å². The quantitative estimate of drug-likeness (QED) is 0.784. The molecule has 156 valence electrons. The Morgan fingerprint density at radius 1 is 1.18 bits per heavy atom. The van der Waals surface area contributed by atoms with E-state index >= 15 is 0 Å². The highest BCUT2D eigenvalue weighted by Gasteiger charge is 2.33. The van der Waals surface area contributed by atoms with Gasteiger partial charge in [0, 0.05) is 37.2 Å². The van der Waals surface area contributed by atoms with Gasteiger partial charge in [-0.1, -0.05) is 37.4 Å². The maximum absolute atomic E-state index is 12.8. The van der Waals surface area contributed by atoms with E-state index in [2.05, 4.69) is 17.1 Å². The third-order valence-electron chi connectivity index (χ3n) is 6.07. The Labute approximate surface area is 173 Å². The van der Waals surface area contributed by atoms with Gasteiger partial charge < -0.3 is 5.32 Å². The average Bonchev–Trinajstić information content (AvgIpc) is 2.69. The van der Waals surface area contributed by atoms with Crippen LogP contribution in [0.25, 0.3) is 0 Å². The summed E-state index contributed by atoms with van der Waals surface area (Å²) in [6, 6.07) is 6.34. The van der Waals surface area contributed by atoms with Crippen LogP contribution in [0.2, 0.25) is 5.02 Å². The largest absolute Gasteiger partial charge is 0.352 e. The lowest BCUT2D eigenvalue weighted by molar-refractivity contribution is -0.127. The van der Waals surface area contributed by atoms with Crippen molar-refractivity contribution in [3.05, 3.63) is 29.3 Å². The number of benzene rings is 1. The number of carbonyl (C=O) groups excluding carboxylic acids is 1. The van der Waals surface area contributed by atoms with Crippen LogP contribution in [0.15, 0.2) is 29.2 Å². The zero-order valence-electron chi connectivity index (χ0n) is 16.6. The van der Waals surface area contributed by atoms with E-state index in [1.807, 2.05) is 6.92 Å². The molecule has 1 amide bonds. The fourth-order valence-electron chi connectivity index (χ4n) is 4.11. The SMILES string of the molecule is C[C@H](C(=O)N[C@H]1CCCC[C@@H]1C)N1CCN(S(=O)(=O)c2cccc(Cl)c2)CC1. The van der Waals surface area contributed by atoms with Crippen molar-refractivity contribution in [2.24, 2.45) is 5.92 Å². The second-order valence-electron chi connectivity index (χ2n) is 7.95. The van der Waals surface area contributed by atoms with Gasteiger partial charge in [-0.15, -0.1) is 0 Å². The van der Waals surface area contributed by atoms with Gasteiger partial charge in [0.25, 0.3) is 0 Å². The summed E-state index contributed by atoms with van der Waals surface area (Å²) in [7, 11) is -3.56. The van der Waals surface area contributed by atoms with E-state index in [1.54, 1.807) is 18.2 Å². The number of nitrogens with one attached hydrogen (secondary N) is 1. The van der Waals surface area contributed by atoms with Crippen LogP contribution < -0.4 is 5.32 Å². The molecule has 1 saturated carbocycles. The molecule has 0 bridgehead atoms. The molecule has 3 atom stereocenters. The lowest BCUT2D eigenvalue weighted by Crippen LogP contribution is -2.56. The Kier molecular flexibility index (Phi) is 7.02. The number of piperazine rings is 1. The molecular weight excluding hydrogens is 398 g/mol. The van der Waals surface area contributed by atoms with Crippen molar-refractivity contribution in [2.45, 2.75) is 56.5 Å². The number of amides is 1. The van der Waals surface area contributed by atoms with Crippen LogP contribution in [-0.2, 0) is 14.8 Å². The third kappa shape index (κ3) is 4.87. The minimum absolute atomic E-state index is 0.0462. The van der Waals surface area contributed by atoms with Crippen molar-refractivity contribution in [2.75, 3.05) is 26.2 Å². The van der Waals surface area contributed by atoms with Gasteiger partial charge >= 0.3 is 0 Å². The molecule has 0 unspecified atom stereocenters. The number of nitrogens with zero attached hydrogens (tertiary/aromatic N) is 2. The van der Waals surface area contributed by atoms with E-state index in [9.17, 15) is 13.2 Å². The molecule has 1 saturated heterocycles. The van der Waals surface area contributed by atoms with E-state index in [-0.39, 0.29) is 22.9 Å². The average molecular weight is 428 g/mol. The first-order valence-electron chi connectivity index (χ1n) is 10.1. The van der Waals surface area contributed by atoms with Crippen LogP contribution in [-0.4, -0.2) is 61.8 Å². The third-order valence-corrected chi connectivity index (χ3v) is 8.20. The zero-order chi connectivity index (χ0) is 20.3. The van der Waals surface area contributed by atoms with E-state index < -0.39 is 10.0 Å². The monoisotopic (exact) mass is 427 g/mol. The summed E-state index contributed by atoms with van der Waals surface area (Å²) >= 11 is 5.94. The molecule has 8 heteroatoms. The number of sulfonamides is 1. The number of halogens is 1. The van der Waals surface area contributed by atoms with Gasteiger partial charge in [0.15, 0.2) is 0 Å². The van der Waals surface area contributed by atoms with Crippen LogP contribution in [0, 0.1) is 5.92 Å². The van der Waals surface area contributed by atoms with E-state index in [0.29, 0.717) is 37.1 Å². The van der Waals surface area contributed by atoms with Gasteiger partial charge in [0.05, 0.1) is 10.9 Å². The zero-order valence-corrected chi connectivity index (χ0v) is 18.2. The first-order chi connectivity index (χ1) is 13.3.